The van der Waals surface area contributed by atoms with E-state index in [9.17, 15) is 14.9 Å². The van der Waals surface area contributed by atoms with E-state index >= 15 is 0 Å². The van der Waals surface area contributed by atoms with Gasteiger partial charge in [0.05, 0.1) is 11.5 Å². The number of hydrogen-bond acceptors (Lipinski definition) is 4. The van der Waals surface area contributed by atoms with Gasteiger partial charge in [0.2, 0.25) is 0 Å². The van der Waals surface area contributed by atoms with Gasteiger partial charge >= 0.3 is 5.69 Å². The Morgan fingerprint density at radius 2 is 2.04 bits per heavy atom. The van der Waals surface area contributed by atoms with Gasteiger partial charge in [0.1, 0.15) is 0 Å². The molecule has 0 radical (unpaired) electrons. The van der Waals surface area contributed by atoms with Crippen molar-refractivity contribution >= 4 is 17.3 Å². The van der Waals surface area contributed by atoms with Gasteiger partial charge in [0.25, 0.3) is 5.91 Å². The first-order chi connectivity index (χ1) is 12.1. The highest BCUT2D eigenvalue weighted by Gasteiger charge is 2.25. The van der Waals surface area contributed by atoms with Crippen LogP contribution >= 0.6 is 0 Å². The third kappa shape index (κ3) is 3.47. The zero-order valence-electron chi connectivity index (χ0n) is 14.1. The smallest absolute Gasteiger partial charge is 0.311 e. The number of carbonyl (C=O) groups is 1. The number of rotatable bonds is 4. The SMILES string of the molecule is CCOc1ccc(C(=O)N2CCCCc3ccccc32)cc1[N+](=O)[O-]. The quantitative estimate of drug-likeness (QED) is 0.623. The van der Waals surface area contributed by atoms with E-state index in [0.29, 0.717) is 18.7 Å². The number of hydrogen-bond donors (Lipinski definition) is 0. The molecule has 0 atom stereocenters. The predicted octanol–water partition coefficient (Wildman–Crippen LogP) is 3.98. The summed E-state index contributed by atoms with van der Waals surface area (Å²) in [5.74, 6) is -0.0409. The molecule has 0 N–H and O–H groups in total. The van der Waals surface area contributed by atoms with E-state index in [4.69, 9.17) is 4.74 Å². The molecule has 0 saturated heterocycles. The molecule has 0 saturated carbocycles. The van der Waals surface area contributed by atoms with E-state index in [1.165, 1.54) is 12.1 Å². The lowest BCUT2D eigenvalue weighted by Crippen LogP contribution is -2.31. The number of ether oxygens (including phenoxy) is 1. The van der Waals surface area contributed by atoms with Gasteiger partial charge in [-0.05, 0) is 49.9 Å². The fourth-order valence-corrected chi connectivity index (χ4v) is 3.13. The van der Waals surface area contributed by atoms with E-state index in [2.05, 4.69) is 0 Å². The number of para-hydroxylation sites is 1. The fourth-order valence-electron chi connectivity index (χ4n) is 3.13. The number of nitro groups is 1. The van der Waals surface area contributed by atoms with Crippen molar-refractivity contribution in [1.29, 1.82) is 0 Å². The molecule has 0 unspecified atom stereocenters. The van der Waals surface area contributed by atoms with Crippen LogP contribution in [-0.2, 0) is 6.42 Å². The number of amides is 1. The number of fused-ring (bicyclic) bond motifs is 1. The lowest BCUT2D eigenvalue weighted by Gasteiger charge is -2.23. The zero-order valence-corrected chi connectivity index (χ0v) is 14.1. The Morgan fingerprint density at radius 3 is 2.80 bits per heavy atom. The molecule has 130 valence electrons. The molecule has 1 aliphatic rings. The fraction of sp³-hybridized carbons (Fsp3) is 0.316. The van der Waals surface area contributed by atoms with Crippen LogP contribution in [0.5, 0.6) is 5.75 Å². The molecule has 0 aromatic heterocycles. The van der Waals surface area contributed by atoms with Crippen molar-refractivity contribution in [2.75, 3.05) is 18.1 Å². The van der Waals surface area contributed by atoms with Gasteiger partial charge < -0.3 is 9.64 Å². The average Bonchev–Trinajstić information content (AvgIpc) is 2.84. The maximum atomic E-state index is 13.0. The second kappa shape index (κ2) is 7.34. The molecule has 3 rings (SSSR count). The molecule has 0 bridgehead atoms. The minimum Gasteiger partial charge on any atom is -0.487 e. The highest BCUT2D eigenvalue weighted by atomic mass is 16.6. The first kappa shape index (κ1) is 17.0. The summed E-state index contributed by atoms with van der Waals surface area (Å²) in [7, 11) is 0. The van der Waals surface area contributed by atoms with Crippen molar-refractivity contribution in [3.8, 4) is 5.75 Å². The van der Waals surface area contributed by atoms with Crippen molar-refractivity contribution in [1.82, 2.24) is 0 Å². The summed E-state index contributed by atoms with van der Waals surface area (Å²) < 4.78 is 5.29. The van der Waals surface area contributed by atoms with E-state index in [-0.39, 0.29) is 17.3 Å². The molecule has 2 aromatic carbocycles. The summed E-state index contributed by atoms with van der Waals surface area (Å²) in [4.78, 5) is 25.5. The van der Waals surface area contributed by atoms with Crippen LogP contribution in [0.4, 0.5) is 11.4 Å². The number of aryl methyl sites for hydroxylation is 1. The molecule has 2 aromatic rings. The van der Waals surface area contributed by atoms with Gasteiger partial charge in [-0.15, -0.1) is 0 Å². The molecule has 1 heterocycles. The van der Waals surface area contributed by atoms with E-state index in [1.54, 1.807) is 17.9 Å². The van der Waals surface area contributed by atoms with Crippen molar-refractivity contribution in [3.05, 3.63) is 63.7 Å². The molecule has 1 aliphatic heterocycles. The van der Waals surface area contributed by atoms with Gasteiger partial charge in [-0.25, -0.2) is 0 Å². The van der Waals surface area contributed by atoms with Crippen LogP contribution in [0.2, 0.25) is 0 Å². The Kier molecular flexibility index (Phi) is 4.97. The first-order valence-electron chi connectivity index (χ1n) is 8.43. The standard InChI is InChI=1S/C19H20N2O4/c1-2-25-18-11-10-15(13-17(18)21(23)24)19(22)20-12-6-5-8-14-7-3-4-9-16(14)20/h3-4,7,9-11,13H,2,5-6,8,12H2,1H3. The second-order valence-corrected chi connectivity index (χ2v) is 5.92. The summed E-state index contributed by atoms with van der Waals surface area (Å²) in [6.45, 7) is 2.70. The van der Waals surface area contributed by atoms with Gasteiger partial charge in [-0.1, -0.05) is 18.2 Å². The predicted molar refractivity (Wildman–Crippen MR) is 95.3 cm³/mol. The Hall–Kier alpha value is -2.89. The van der Waals surface area contributed by atoms with Gasteiger partial charge in [0.15, 0.2) is 5.75 Å². The molecule has 0 spiro atoms. The number of nitro benzene ring substituents is 1. The molecule has 6 nitrogen and oxygen atoms in total. The van der Waals surface area contributed by atoms with Crippen molar-refractivity contribution in [2.24, 2.45) is 0 Å². The summed E-state index contributed by atoms with van der Waals surface area (Å²) in [6.07, 6.45) is 2.85. The maximum Gasteiger partial charge on any atom is 0.311 e. The minimum atomic E-state index is -0.516. The highest BCUT2D eigenvalue weighted by Crippen LogP contribution is 2.31. The van der Waals surface area contributed by atoms with Crippen LogP contribution in [0, 0.1) is 10.1 Å². The van der Waals surface area contributed by atoms with E-state index < -0.39 is 4.92 Å². The summed E-state index contributed by atoms with van der Waals surface area (Å²) in [5, 5.41) is 11.3. The third-order valence-corrected chi connectivity index (χ3v) is 4.31. The van der Waals surface area contributed by atoms with Crippen molar-refractivity contribution < 1.29 is 14.5 Å². The number of benzene rings is 2. The van der Waals surface area contributed by atoms with Crippen LogP contribution < -0.4 is 9.64 Å². The average molecular weight is 340 g/mol. The Labute approximate surface area is 146 Å². The second-order valence-electron chi connectivity index (χ2n) is 5.92. The largest absolute Gasteiger partial charge is 0.487 e. The zero-order chi connectivity index (χ0) is 17.8. The topological polar surface area (TPSA) is 72.7 Å². The summed E-state index contributed by atoms with van der Waals surface area (Å²) in [5.41, 5.74) is 2.14. The van der Waals surface area contributed by atoms with Crippen LogP contribution in [0.1, 0.15) is 35.7 Å². The van der Waals surface area contributed by atoms with E-state index in [0.717, 1.165) is 30.5 Å². The Bertz CT molecular complexity index is 804. The van der Waals surface area contributed by atoms with Gasteiger partial charge in [0, 0.05) is 23.9 Å². The Balaban J connectivity index is 1.98. The number of carbonyl (C=O) groups excluding carboxylic acids is 1. The first-order valence-corrected chi connectivity index (χ1v) is 8.43. The third-order valence-electron chi connectivity index (χ3n) is 4.31. The molecule has 6 heteroatoms. The normalized spacial score (nSPS) is 13.7. The lowest BCUT2D eigenvalue weighted by molar-refractivity contribution is -0.385. The van der Waals surface area contributed by atoms with Crippen molar-refractivity contribution in [2.45, 2.75) is 26.2 Å². The van der Waals surface area contributed by atoms with Gasteiger partial charge in [-0.2, -0.15) is 0 Å². The number of nitrogens with zero attached hydrogens (tertiary/aromatic N) is 2. The molecule has 25 heavy (non-hydrogen) atoms. The molecular formula is C19H20N2O4. The van der Waals surface area contributed by atoms with Crippen LogP contribution in [0.15, 0.2) is 42.5 Å². The Morgan fingerprint density at radius 1 is 1.24 bits per heavy atom. The molecule has 0 fully saturated rings. The van der Waals surface area contributed by atoms with Crippen LogP contribution in [0.3, 0.4) is 0 Å². The lowest BCUT2D eigenvalue weighted by atomic mass is 10.1. The summed E-state index contributed by atoms with van der Waals surface area (Å²) in [6, 6.07) is 12.2. The highest BCUT2D eigenvalue weighted by molar-refractivity contribution is 6.07. The van der Waals surface area contributed by atoms with Crippen LogP contribution in [0.25, 0.3) is 0 Å². The van der Waals surface area contributed by atoms with Gasteiger partial charge in [-0.3, -0.25) is 14.9 Å². The maximum absolute atomic E-state index is 13.0. The summed E-state index contributed by atoms with van der Waals surface area (Å²) >= 11 is 0. The monoisotopic (exact) mass is 340 g/mol. The van der Waals surface area contributed by atoms with E-state index in [1.807, 2.05) is 24.3 Å². The molecular weight excluding hydrogens is 320 g/mol. The number of anilines is 1. The minimum absolute atomic E-state index is 0.181. The van der Waals surface area contributed by atoms with Crippen LogP contribution in [-0.4, -0.2) is 24.0 Å². The van der Waals surface area contributed by atoms with Crippen molar-refractivity contribution in [3.63, 3.8) is 0 Å². The molecule has 1 amide bonds. The molecule has 0 aliphatic carbocycles.